The van der Waals surface area contributed by atoms with Crippen LogP contribution in [0.15, 0.2) is 65.1 Å². The first-order valence-electron chi connectivity index (χ1n) is 9.24. The van der Waals surface area contributed by atoms with Gasteiger partial charge in [-0.3, -0.25) is 0 Å². The van der Waals surface area contributed by atoms with Gasteiger partial charge >= 0.3 is 5.97 Å². The van der Waals surface area contributed by atoms with Gasteiger partial charge in [-0.25, -0.2) is 4.79 Å². The fourth-order valence-electron chi connectivity index (χ4n) is 2.93. The van der Waals surface area contributed by atoms with Crippen LogP contribution < -0.4 is 14.8 Å². The lowest BCUT2D eigenvalue weighted by atomic mass is 10.1. The molecule has 0 spiro atoms. The number of hydrogen-bond acceptors (Lipinski definition) is 4. The van der Waals surface area contributed by atoms with E-state index in [2.05, 4.69) is 21.2 Å². The van der Waals surface area contributed by atoms with Crippen molar-refractivity contribution in [2.45, 2.75) is 19.7 Å². The summed E-state index contributed by atoms with van der Waals surface area (Å²) in [6.07, 6.45) is 0. The van der Waals surface area contributed by atoms with Gasteiger partial charge < -0.3 is 19.9 Å². The molecule has 0 amide bonds. The Balaban J connectivity index is 1.73. The number of halogens is 2. The Morgan fingerprint density at radius 1 is 1.07 bits per heavy atom. The maximum atomic E-state index is 11.0. The Morgan fingerprint density at radius 3 is 2.47 bits per heavy atom. The Hall–Kier alpha value is -2.54. The van der Waals surface area contributed by atoms with Crippen LogP contribution in [-0.2, 0) is 19.7 Å². The molecule has 7 heteroatoms. The van der Waals surface area contributed by atoms with E-state index in [1.54, 1.807) is 31.4 Å². The van der Waals surface area contributed by atoms with Gasteiger partial charge in [0, 0.05) is 33.7 Å². The summed E-state index contributed by atoms with van der Waals surface area (Å²) in [6, 6.07) is 18.1. The van der Waals surface area contributed by atoms with E-state index in [4.69, 9.17) is 26.2 Å². The largest absolute Gasteiger partial charge is 0.493 e. The Kier molecular flexibility index (Phi) is 7.74. The second kappa shape index (κ2) is 10.5. The molecule has 0 aliphatic heterocycles. The summed E-state index contributed by atoms with van der Waals surface area (Å²) in [7, 11) is 1.60. The number of rotatable bonds is 9. The third-order valence-corrected chi connectivity index (χ3v) is 5.66. The fourth-order valence-corrected chi connectivity index (χ4v) is 3.57. The van der Waals surface area contributed by atoms with Gasteiger partial charge in [0.15, 0.2) is 11.5 Å². The lowest BCUT2D eigenvalue weighted by Crippen LogP contribution is -2.15. The molecule has 0 aliphatic rings. The average Bonchev–Trinajstić information content (AvgIpc) is 2.75. The van der Waals surface area contributed by atoms with Crippen LogP contribution in [0.3, 0.4) is 0 Å². The van der Waals surface area contributed by atoms with E-state index in [0.717, 1.165) is 21.2 Å². The molecule has 0 unspecified atom stereocenters. The smallest absolute Gasteiger partial charge is 0.335 e. The highest BCUT2D eigenvalue weighted by atomic mass is 79.9. The van der Waals surface area contributed by atoms with Crippen molar-refractivity contribution in [3.63, 3.8) is 0 Å². The highest BCUT2D eigenvalue weighted by Gasteiger charge is 2.15. The molecule has 0 aliphatic carbocycles. The van der Waals surface area contributed by atoms with Crippen LogP contribution in [0.1, 0.15) is 27.0 Å². The summed E-state index contributed by atoms with van der Waals surface area (Å²) in [5.74, 6) is 0.337. The van der Waals surface area contributed by atoms with Crippen molar-refractivity contribution < 1.29 is 19.4 Å². The summed E-state index contributed by atoms with van der Waals surface area (Å²) in [5.41, 5.74) is 3.06. The summed E-state index contributed by atoms with van der Waals surface area (Å²) in [5, 5.41) is 13.0. The number of ether oxygens (including phenoxy) is 2. The zero-order chi connectivity index (χ0) is 21.5. The van der Waals surface area contributed by atoms with E-state index in [1.807, 2.05) is 36.4 Å². The third kappa shape index (κ3) is 5.53. The molecular formula is C23H21BrClNO4. The summed E-state index contributed by atoms with van der Waals surface area (Å²) in [4.78, 5) is 11.0. The van der Waals surface area contributed by atoms with Crippen molar-refractivity contribution in [2.75, 3.05) is 7.11 Å². The van der Waals surface area contributed by atoms with Crippen molar-refractivity contribution in [3.05, 3.63) is 92.4 Å². The Morgan fingerprint density at radius 2 is 1.80 bits per heavy atom. The molecule has 0 saturated heterocycles. The fraction of sp³-hybridized carbons (Fsp3) is 0.174. The van der Waals surface area contributed by atoms with Crippen LogP contribution in [-0.4, -0.2) is 18.2 Å². The van der Waals surface area contributed by atoms with Gasteiger partial charge in [-0.2, -0.15) is 0 Å². The molecule has 0 heterocycles. The van der Waals surface area contributed by atoms with E-state index in [-0.39, 0.29) is 5.56 Å². The van der Waals surface area contributed by atoms with E-state index >= 15 is 0 Å². The van der Waals surface area contributed by atoms with Crippen molar-refractivity contribution >= 4 is 33.5 Å². The monoisotopic (exact) mass is 489 g/mol. The average molecular weight is 491 g/mol. The van der Waals surface area contributed by atoms with E-state index in [0.29, 0.717) is 36.2 Å². The minimum absolute atomic E-state index is 0.268. The molecule has 3 aromatic carbocycles. The number of carboxylic acid groups (broad SMARTS) is 1. The second-order valence-electron chi connectivity index (χ2n) is 6.54. The molecule has 0 radical (unpaired) electrons. The SMILES string of the molecule is COc1ccc(Br)c(CNCc2ccc(C(=O)O)cc2)c1OCc1ccccc1Cl. The van der Waals surface area contributed by atoms with Crippen molar-refractivity contribution in [1.29, 1.82) is 0 Å². The predicted octanol–water partition coefficient (Wildman–Crippen LogP) is 5.68. The highest BCUT2D eigenvalue weighted by Crippen LogP contribution is 2.37. The van der Waals surface area contributed by atoms with E-state index in [9.17, 15) is 4.79 Å². The molecular weight excluding hydrogens is 470 g/mol. The maximum absolute atomic E-state index is 11.0. The van der Waals surface area contributed by atoms with Crippen molar-refractivity contribution in [3.8, 4) is 11.5 Å². The third-order valence-electron chi connectivity index (χ3n) is 4.55. The highest BCUT2D eigenvalue weighted by molar-refractivity contribution is 9.10. The standard InChI is InChI=1S/C23H21BrClNO4/c1-29-21-11-10-19(24)18(22(21)30-14-17-4-2-3-5-20(17)25)13-26-12-15-6-8-16(9-7-15)23(27)28/h2-11,26H,12-14H2,1H3,(H,27,28). The first-order chi connectivity index (χ1) is 14.5. The molecule has 0 saturated carbocycles. The summed E-state index contributed by atoms with van der Waals surface area (Å²) in [6.45, 7) is 1.42. The normalized spacial score (nSPS) is 10.6. The van der Waals surface area contributed by atoms with Crippen LogP contribution in [0.25, 0.3) is 0 Å². The Bertz CT molecular complexity index is 1020. The number of carboxylic acids is 1. The number of benzene rings is 3. The molecule has 2 N–H and O–H groups in total. The lowest BCUT2D eigenvalue weighted by molar-refractivity contribution is 0.0697. The molecule has 30 heavy (non-hydrogen) atoms. The van der Waals surface area contributed by atoms with Gasteiger partial charge in [0.25, 0.3) is 0 Å². The van der Waals surface area contributed by atoms with E-state index < -0.39 is 5.97 Å². The van der Waals surface area contributed by atoms with Crippen LogP contribution >= 0.6 is 27.5 Å². The van der Waals surface area contributed by atoms with Gasteiger partial charge in [-0.15, -0.1) is 0 Å². The zero-order valence-electron chi connectivity index (χ0n) is 16.3. The van der Waals surface area contributed by atoms with Gasteiger partial charge in [0.05, 0.1) is 12.7 Å². The number of carbonyl (C=O) groups is 1. The molecule has 0 aromatic heterocycles. The number of nitrogens with one attached hydrogen (secondary N) is 1. The van der Waals surface area contributed by atoms with Gasteiger partial charge in [0.1, 0.15) is 6.61 Å². The number of aromatic carboxylic acids is 1. The summed E-state index contributed by atoms with van der Waals surface area (Å²) >= 11 is 9.84. The first kappa shape index (κ1) is 22.2. The van der Waals surface area contributed by atoms with E-state index in [1.165, 1.54) is 0 Å². The number of methoxy groups -OCH3 is 1. The minimum Gasteiger partial charge on any atom is -0.493 e. The molecule has 5 nitrogen and oxygen atoms in total. The minimum atomic E-state index is -0.935. The van der Waals surface area contributed by atoms with Crippen LogP contribution in [0.4, 0.5) is 0 Å². The molecule has 0 bridgehead atoms. The first-order valence-corrected chi connectivity index (χ1v) is 10.4. The molecule has 0 atom stereocenters. The van der Waals surface area contributed by atoms with Crippen LogP contribution in [0.5, 0.6) is 11.5 Å². The van der Waals surface area contributed by atoms with Gasteiger partial charge in [0.2, 0.25) is 0 Å². The number of hydrogen-bond donors (Lipinski definition) is 2. The van der Waals surface area contributed by atoms with Gasteiger partial charge in [-0.1, -0.05) is 57.9 Å². The van der Waals surface area contributed by atoms with Crippen molar-refractivity contribution in [1.82, 2.24) is 5.32 Å². The molecule has 0 fully saturated rings. The topological polar surface area (TPSA) is 67.8 Å². The van der Waals surface area contributed by atoms with Gasteiger partial charge in [-0.05, 0) is 35.9 Å². The molecule has 3 aromatic rings. The Labute approximate surface area is 188 Å². The zero-order valence-corrected chi connectivity index (χ0v) is 18.7. The van der Waals surface area contributed by atoms with Crippen LogP contribution in [0, 0.1) is 0 Å². The predicted molar refractivity (Wildman–Crippen MR) is 120 cm³/mol. The van der Waals surface area contributed by atoms with Crippen molar-refractivity contribution in [2.24, 2.45) is 0 Å². The molecule has 156 valence electrons. The lowest BCUT2D eigenvalue weighted by Gasteiger charge is -2.17. The quantitative estimate of drug-likeness (QED) is 0.404. The second-order valence-corrected chi connectivity index (χ2v) is 7.80. The molecule has 3 rings (SSSR count). The summed E-state index contributed by atoms with van der Waals surface area (Å²) < 4.78 is 12.5. The van der Waals surface area contributed by atoms with Crippen LogP contribution in [0.2, 0.25) is 5.02 Å². The maximum Gasteiger partial charge on any atom is 0.335 e.